The minimum atomic E-state index is -4.43. The van der Waals surface area contributed by atoms with Crippen molar-refractivity contribution in [3.8, 4) is 5.75 Å². The summed E-state index contributed by atoms with van der Waals surface area (Å²) in [7, 11) is -8.75. The number of carbonyl (C=O) groups is 1. The molecule has 0 aliphatic heterocycles. The van der Waals surface area contributed by atoms with Crippen LogP contribution >= 0.6 is 15.9 Å². The second kappa shape index (κ2) is 9.04. The van der Waals surface area contributed by atoms with Crippen LogP contribution in [0.4, 0.5) is 13.2 Å². The predicted molar refractivity (Wildman–Crippen MR) is 105 cm³/mol. The molecule has 7 nitrogen and oxygen atoms in total. The number of carbonyl (C=O) groups excluding carboxylic acids is 1. The molecule has 0 unspecified atom stereocenters. The number of benzene rings is 2. The summed E-state index contributed by atoms with van der Waals surface area (Å²) in [5.74, 6) is -2.07. The maximum atomic E-state index is 12.6. The maximum Gasteiger partial charge on any atom is 0.392 e. The Balaban J connectivity index is 2.27. The number of sulfone groups is 1. The number of alkyl halides is 3. The van der Waals surface area contributed by atoms with Gasteiger partial charge in [-0.1, -0.05) is 12.1 Å². The topological polar surface area (TPSA) is 121 Å². The van der Waals surface area contributed by atoms with E-state index in [2.05, 4.69) is 15.9 Å². The van der Waals surface area contributed by atoms with Crippen LogP contribution in [0.1, 0.15) is 16.8 Å². The van der Waals surface area contributed by atoms with E-state index < -0.39 is 60.4 Å². The highest BCUT2D eigenvalue weighted by atomic mass is 79.9. The molecule has 0 aliphatic rings. The highest BCUT2D eigenvalue weighted by Gasteiger charge is 2.28. The van der Waals surface area contributed by atoms with E-state index in [1.165, 1.54) is 24.3 Å². The highest BCUT2D eigenvalue weighted by molar-refractivity contribution is 9.10. The summed E-state index contributed by atoms with van der Waals surface area (Å²) < 4.78 is 90.6. The zero-order valence-electron chi connectivity index (χ0n) is 15.0. The van der Waals surface area contributed by atoms with Crippen molar-refractivity contribution in [2.45, 2.75) is 22.4 Å². The van der Waals surface area contributed by atoms with Crippen molar-refractivity contribution in [2.24, 2.45) is 5.14 Å². The van der Waals surface area contributed by atoms with Crippen LogP contribution in [0, 0.1) is 0 Å². The first-order chi connectivity index (χ1) is 13.7. The first-order valence-corrected chi connectivity index (χ1v) is 12.1. The average molecular weight is 530 g/mol. The molecule has 0 saturated carbocycles. The minimum absolute atomic E-state index is 0.0764. The van der Waals surface area contributed by atoms with E-state index in [4.69, 9.17) is 9.88 Å². The average Bonchev–Trinajstić information content (AvgIpc) is 2.61. The molecule has 0 bridgehead atoms. The first-order valence-electron chi connectivity index (χ1n) is 8.07. The Morgan fingerprint density at radius 1 is 1.03 bits per heavy atom. The zero-order chi connectivity index (χ0) is 22.7. The molecule has 2 N–H and O–H groups in total. The van der Waals surface area contributed by atoms with E-state index >= 15 is 0 Å². The summed E-state index contributed by atoms with van der Waals surface area (Å²) in [4.78, 5) is 11.2. The molecule has 0 aliphatic carbocycles. The molecule has 0 atom stereocenters. The van der Waals surface area contributed by atoms with Gasteiger partial charge in [-0.05, 0) is 46.3 Å². The molecule has 0 radical (unpaired) electrons. The number of halogens is 4. The summed E-state index contributed by atoms with van der Waals surface area (Å²) in [6, 6.07) is 8.24. The number of sulfonamides is 1. The van der Waals surface area contributed by atoms with Gasteiger partial charge in [0.1, 0.15) is 16.4 Å². The predicted octanol–water partition coefficient (Wildman–Crippen LogP) is 3.08. The fraction of sp³-hybridized carbons (Fsp3) is 0.235. The third-order valence-corrected chi connectivity index (χ3v) is 7.13. The Morgan fingerprint density at radius 2 is 1.63 bits per heavy atom. The second-order valence-electron chi connectivity index (χ2n) is 6.03. The van der Waals surface area contributed by atoms with Crippen LogP contribution in [0.5, 0.6) is 5.75 Å². The van der Waals surface area contributed by atoms with Gasteiger partial charge in [0.05, 0.1) is 22.4 Å². The minimum Gasteiger partial charge on any atom is -0.492 e. The summed E-state index contributed by atoms with van der Waals surface area (Å²) in [5.41, 5.74) is -0.142. The molecule has 13 heteroatoms. The summed E-state index contributed by atoms with van der Waals surface area (Å²) in [6.45, 7) is -0.695. The molecule has 2 aromatic carbocycles. The Bertz CT molecular complexity index is 1160. The SMILES string of the molecule is NS(=O)(=O)c1ccccc1S(=O)(=O)CC(=O)c1ccc(Br)c(OCCC(F)(F)F)c1. The van der Waals surface area contributed by atoms with E-state index in [-0.39, 0.29) is 15.8 Å². The number of nitrogens with two attached hydrogens (primary N) is 1. The molecule has 30 heavy (non-hydrogen) atoms. The molecule has 2 rings (SSSR count). The van der Waals surface area contributed by atoms with Gasteiger partial charge < -0.3 is 4.74 Å². The quantitative estimate of drug-likeness (QED) is 0.524. The smallest absolute Gasteiger partial charge is 0.392 e. The lowest BCUT2D eigenvalue weighted by Crippen LogP contribution is -2.21. The number of primary sulfonamides is 1. The van der Waals surface area contributed by atoms with Crippen LogP contribution in [0.15, 0.2) is 56.7 Å². The number of hydrogen-bond donors (Lipinski definition) is 1. The zero-order valence-corrected chi connectivity index (χ0v) is 18.2. The van der Waals surface area contributed by atoms with Gasteiger partial charge in [0, 0.05) is 5.56 Å². The molecule has 0 aromatic heterocycles. The molecule has 2 aromatic rings. The van der Waals surface area contributed by atoms with Crippen molar-refractivity contribution in [2.75, 3.05) is 12.4 Å². The van der Waals surface area contributed by atoms with E-state index in [1.54, 1.807) is 0 Å². The van der Waals surface area contributed by atoms with E-state index in [9.17, 15) is 34.8 Å². The maximum absolute atomic E-state index is 12.6. The lowest BCUT2D eigenvalue weighted by molar-refractivity contribution is -0.139. The Hall–Kier alpha value is -1.96. The van der Waals surface area contributed by atoms with Crippen molar-refractivity contribution in [1.29, 1.82) is 0 Å². The number of ketones is 1. The summed E-state index contributed by atoms with van der Waals surface area (Å²) in [5, 5.41) is 5.03. The van der Waals surface area contributed by atoms with Crippen LogP contribution in [-0.2, 0) is 19.9 Å². The van der Waals surface area contributed by atoms with Gasteiger partial charge in [0.2, 0.25) is 10.0 Å². The van der Waals surface area contributed by atoms with E-state index in [0.29, 0.717) is 0 Å². The fourth-order valence-electron chi connectivity index (χ4n) is 2.34. The monoisotopic (exact) mass is 529 g/mol. The van der Waals surface area contributed by atoms with Gasteiger partial charge in [0.15, 0.2) is 15.6 Å². The van der Waals surface area contributed by atoms with Gasteiger partial charge >= 0.3 is 6.18 Å². The van der Waals surface area contributed by atoms with Crippen molar-refractivity contribution in [1.82, 2.24) is 0 Å². The van der Waals surface area contributed by atoms with Crippen LogP contribution in [0.2, 0.25) is 0 Å². The van der Waals surface area contributed by atoms with Crippen molar-refractivity contribution in [3.63, 3.8) is 0 Å². The standard InChI is InChI=1S/C17H15BrF3NO6S2/c18-12-6-5-11(9-14(12)28-8-7-17(19,20)21)13(23)10-29(24,25)15-3-1-2-4-16(15)30(22,26)27/h1-6,9H,7-8,10H2,(H2,22,26,27). The lowest BCUT2D eigenvalue weighted by atomic mass is 10.1. The summed E-state index contributed by atoms with van der Waals surface area (Å²) >= 11 is 3.07. The molecule has 0 heterocycles. The number of Topliss-reactive ketones (excluding diaryl/α,β-unsaturated/α-hetero) is 1. The first kappa shape index (κ1) is 24.3. The van der Waals surface area contributed by atoms with E-state index in [1.807, 2.05) is 0 Å². The van der Waals surface area contributed by atoms with Crippen molar-refractivity contribution < 1.29 is 39.5 Å². The van der Waals surface area contributed by atoms with E-state index in [0.717, 1.165) is 18.2 Å². The van der Waals surface area contributed by atoms with Crippen LogP contribution in [0.3, 0.4) is 0 Å². The van der Waals surface area contributed by atoms with Crippen molar-refractivity contribution in [3.05, 3.63) is 52.5 Å². The largest absolute Gasteiger partial charge is 0.492 e. The number of hydrogen-bond acceptors (Lipinski definition) is 6. The molecular formula is C17H15BrF3NO6S2. The van der Waals surface area contributed by atoms with Gasteiger partial charge in [-0.3, -0.25) is 4.79 Å². The lowest BCUT2D eigenvalue weighted by Gasteiger charge is -2.12. The molecule has 164 valence electrons. The molecule has 0 fully saturated rings. The third-order valence-electron chi connectivity index (χ3n) is 3.71. The highest BCUT2D eigenvalue weighted by Crippen LogP contribution is 2.29. The fourth-order valence-corrected chi connectivity index (χ4v) is 5.37. The molecule has 0 spiro atoms. The second-order valence-corrected chi connectivity index (χ2v) is 10.4. The van der Waals surface area contributed by atoms with Crippen LogP contribution < -0.4 is 9.88 Å². The van der Waals surface area contributed by atoms with Crippen molar-refractivity contribution >= 4 is 41.6 Å². The molecular weight excluding hydrogens is 515 g/mol. The van der Waals surface area contributed by atoms with Gasteiger partial charge in [-0.25, -0.2) is 22.0 Å². The number of rotatable bonds is 8. The third kappa shape index (κ3) is 6.52. The van der Waals surface area contributed by atoms with Crippen LogP contribution in [0.25, 0.3) is 0 Å². The van der Waals surface area contributed by atoms with Gasteiger partial charge in [0.25, 0.3) is 0 Å². The molecule has 0 saturated heterocycles. The van der Waals surface area contributed by atoms with Crippen LogP contribution in [-0.4, -0.2) is 41.2 Å². The Morgan fingerprint density at radius 3 is 2.20 bits per heavy atom. The van der Waals surface area contributed by atoms with Gasteiger partial charge in [-0.15, -0.1) is 0 Å². The normalized spacial score (nSPS) is 12.6. The molecule has 0 amide bonds. The summed E-state index contributed by atoms with van der Waals surface area (Å²) in [6.07, 6.45) is -5.64. The Labute approximate surface area is 179 Å². The van der Waals surface area contributed by atoms with Gasteiger partial charge in [-0.2, -0.15) is 13.2 Å². The number of ether oxygens (including phenoxy) is 1. The Kier molecular flexibility index (Phi) is 7.32.